The van der Waals surface area contributed by atoms with Crippen LogP contribution in [0.3, 0.4) is 0 Å². The van der Waals surface area contributed by atoms with Gasteiger partial charge in [-0.3, -0.25) is 9.69 Å². The molecular formula is C22H20F3N5O3. The first kappa shape index (κ1) is 20.3. The van der Waals surface area contributed by atoms with Gasteiger partial charge in [0.1, 0.15) is 0 Å². The highest BCUT2D eigenvalue weighted by molar-refractivity contribution is 5.93. The van der Waals surface area contributed by atoms with Gasteiger partial charge in [-0.25, -0.2) is 9.50 Å². The summed E-state index contributed by atoms with van der Waals surface area (Å²) in [6.07, 6.45) is -2.57. The minimum atomic E-state index is -4.69. The summed E-state index contributed by atoms with van der Waals surface area (Å²) in [5, 5.41) is 4.02. The Morgan fingerprint density at radius 1 is 1.06 bits per heavy atom. The van der Waals surface area contributed by atoms with Crippen LogP contribution < -0.4 is 9.47 Å². The average Bonchev–Trinajstić information content (AvgIpc) is 3.54. The van der Waals surface area contributed by atoms with E-state index in [9.17, 15) is 18.0 Å². The molecule has 3 aliphatic heterocycles. The molecule has 1 amide bonds. The van der Waals surface area contributed by atoms with Crippen molar-refractivity contribution in [2.24, 2.45) is 0 Å². The molecule has 0 N–H and O–H groups in total. The minimum Gasteiger partial charge on any atom is -0.454 e. The third kappa shape index (κ3) is 3.47. The third-order valence-electron chi connectivity index (χ3n) is 6.48. The molecule has 0 bridgehead atoms. The van der Waals surface area contributed by atoms with E-state index in [1.165, 1.54) is 6.07 Å². The second-order valence-electron chi connectivity index (χ2n) is 8.48. The van der Waals surface area contributed by atoms with Gasteiger partial charge in [-0.05, 0) is 43.7 Å². The maximum absolute atomic E-state index is 13.9. The Morgan fingerprint density at radius 2 is 1.91 bits per heavy atom. The van der Waals surface area contributed by atoms with Crippen molar-refractivity contribution < 1.29 is 27.4 Å². The van der Waals surface area contributed by atoms with Crippen LogP contribution in [0, 0.1) is 0 Å². The number of benzene rings is 1. The SMILES string of the molecule is O=C(c1cc2nc(-c3ccc4c(c3)OCO4)cc(C(F)(F)F)n2n1)N1CCN2CCCC2C1. The maximum atomic E-state index is 13.9. The third-order valence-corrected chi connectivity index (χ3v) is 6.48. The minimum absolute atomic E-state index is 0.0396. The molecule has 3 aromatic rings. The number of aromatic nitrogens is 3. The van der Waals surface area contributed by atoms with Gasteiger partial charge in [-0.1, -0.05) is 0 Å². The predicted octanol–water partition coefficient (Wildman–Crippen LogP) is 3.06. The number of carbonyl (C=O) groups is 1. The fourth-order valence-electron chi connectivity index (χ4n) is 4.82. The van der Waals surface area contributed by atoms with E-state index in [-0.39, 0.29) is 29.7 Å². The van der Waals surface area contributed by atoms with E-state index < -0.39 is 11.9 Å². The molecular weight excluding hydrogens is 439 g/mol. The van der Waals surface area contributed by atoms with Crippen LogP contribution in [0.2, 0.25) is 0 Å². The lowest BCUT2D eigenvalue weighted by Gasteiger charge is -2.37. The molecule has 0 radical (unpaired) electrons. The van der Waals surface area contributed by atoms with Gasteiger partial charge in [0.05, 0.1) is 5.69 Å². The molecule has 2 saturated heterocycles. The lowest BCUT2D eigenvalue weighted by Crippen LogP contribution is -2.52. The van der Waals surface area contributed by atoms with E-state index in [4.69, 9.17) is 9.47 Å². The van der Waals surface area contributed by atoms with Crippen LogP contribution in [0.4, 0.5) is 13.2 Å². The number of nitrogens with zero attached hydrogens (tertiary/aromatic N) is 5. The van der Waals surface area contributed by atoms with Gasteiger partial charge in [0.2, 0.25) is 6.79 Å². The molecule has 0 aliphatic carbocycles. The molecule has 0 saturated carbocycles. The molecule has 172 valence electrons. The number of fused-ring (bicyclic) bond motifs is 3. The van der Waals surface area contributed by atoms with Crippen LogP contribution in [0.15, 0.2) is 30.3 Å². The van der Waals surface area contributed by atoms with Crippen LogP contribution in [0.5, 0.6) is 11.5 Å². The van der Waals surface area contributed by atoms with Crippen LogP contribution >= 0.6 is 0 Å². The summed E-state index contributed by atoms with van der Waals surface area (Å²) in [6.45, 7) is 2.95. The fraction of sp³-hybridized carbons (Fsp3) is 0.409. The Kier molecular flexibility index (Phi) is 4.51. The van der Waals surface area contributed by atoms with Crippen molar-refractivity contribution in [2.45, 2.75) is 25.1 Å². The van der Waals surface area contributed by atoms with Gasteiger partial charge in [-0.15, -0.1) is 0 Å². The fourth-order valence-corrected chi connectivity index (χ4v) is 4.82. The Hall–Kier alpha value is -3.34. The summed E-state index contributed by atoms with van der Waals surface area (Å²) in [7, 11) is 0. The number of hydrogen-bond acceptors (Lipinski definition) is 6. The largest absolute Gasteiger partial charge is 0.454 e. The quantitative estimate of drug-likeness (QED) is 0.587. The molecule has 2 fully saturated rings. The van der Waals surface area contributed by atoms with Crippen molar-refractivity contribution in [1.29, 1.82) is 0 Å². The van der Waals surface area contributed by atoms with Gasteiger partial charge < -0.3 is 14.4 Å². The molecule has 1 atom stereocenters. The lowest BCUT2D eigenvalue weighted by atomic mass is 10.1. The van der Waals surface area contributed by atoms with Gasteiger partial charge in [0, 0.05) is 37.3 Å². The van der Waals surface area contributed by atoms with Crippen molar-refractivity contribution in [2.75, 3.05) is 33.0 Å². The highest BCUT2D eigenvalue weighted by atomic mass is 19.4. The molecule has 11 heteroatoms. The number of alkyl halides is 3. The first-order valence-electron chi connectivity index (χ1n) is 10.8. The Balaban J connectivity index is 1.39. The van der Waals surface area contributed by atoms with Gasteiger partial charge in [-0.2, -0.15) is 18.3 Å². The second kappa shape index (κ2) is 7.34. The Labute approximate surface area is 186 Å². The molecule has 5 heterocycles. The van der Waals surface area contributed by atoms with Crippen LogP contribution in [-0.2, 0) is 6.18 Å². The summed E-state index contributed by atoms with van der Waals surface area (Å²) in [5.74, 6) is 0.596. The molecule has 2 aromatic heterocycles. The van der Waals surface area contributed by atoms with Crippen molar-refractivity contribution in [3.05, 3.63) is 41.7 Å². The van der Waals surface area contributed by atoms with E-state index in [1.54, 1.807) is 23.1 Å². The van der Waals surface area contributed by atoms with E-state index in [0.29, 0.717) is 40.7 Å². The van der Waals surface area contributed by atoms with E-state index in [2.05, 4.69) is 15.0 Å². The standard InChI is InChI=1S/C22H20F3N5O3/c23-22(24,25)19-9-15(13-3-4-17-18(8-13)33-12-32-17)26-20-10-16(27-30(19)20)21(31)29-7-6-28-5-1-2-14(28)11-29/h3-4,8-10,14H,1-2,5-7,11-12H2. The zero-order valence-electron chi connectivity index (χ0n) is 17.5. The van der Waals surface area contributed by atoms with Crippen LogP contribution in [0.25, 0.3) is 16.9 Å². The number of halogens is 3. The van der Waals surface area contributed by atoms with Gasteiger partial charge in [0.15, 0.2) is 28.5 Å². The van der Waals surface area contributed by atoms with E-state index in [0.717, 1.165) is 32.0 Å². The molecule has 0 spiro atoms. The first-order chi connectivity index (χ1) is 15.9. The smallest absolute Gasteiger partial charge is 0.433 e. The Bertz CT molecular complexity index is 1260. The zero-order valence-corrected chi connectivity index (χ0v) is 17.5. The molecule has 6 rings (SSSR count). The van der Waals surface area contributed by atoms with Crippen molar-refractivity contribution in [3.8, 4) is 22.8 Å². The predicted molar refractivity (Wildman–Crippen MR) is 110 cm³/mol. The maximum Gasteiger partial charge on any atom is 0.433 e. The molecule has 8 nitrogen and oxygen atoms in total. The van der Waals surface area contributed by atoms with Crippen LogP contribution in [0.1, 0.15) is 29.0 Å². The van der Waals surface area contributed by atoms with Crippen molar-refractivity contribution in [3.63, 3.8) is 0 Å². The van der Waals surface area contributed by atoms with Gasteiger partial charge >= 0.3 is 6.18 Å². The normalized spacial score (nSPS) is 20.5. The summed E-state index contributed by atoms with van der Waals surface area (Å²) in [6, 6.07) is 7.41. The summed E-state index contributed by atoms with van der Waals surface area (Å²) >= 11 is 0. The number of carbonyl (C=O) groups excluding carboxylic acids is 1. The van der Waals surface area contributed by atoms with Crippen molar-refractivity contribution >= 4 is 11.6 Å². The Morgan fingerprint density at radius 3 is 2.76 bits per heavy atom. The monoisotopic (exact) mass is 459 g/mol. The summed E-state index contributed by atoms with van der Waals surface area (Å²) in [5.41, 5.74) is -0.535. The highest BCUT2D eigenvalue weighted by Gasteiger charge is 2.37. The van der Waals surface area contributed by atoms with Crippen molar-refractivity contribution in [1.82, 2.24) is 24.4 Å². The van der Waals surface area contributed by atoms with E-state index in [1.807, 2.05) is 0 Å². The number of ether oxygens (including phenoxy) is 2. The molecule has 1 aromatic carbocycles. The number of piperazine rings is 1. The molecule has 1 unspecified atom stereocenters. The second-order valence-corrected chi connectivity index (χ2v) is 8.48. The van der Waals surface area contributed by atoms with E-state index >= 15 is 0 Å². The molecule has 33 heavy (non-hydrogen) atoms. The summed E-state index contributed by atoms with van der Waals surface area (Å²) < 4.78 is 53.0. The summed E-state index contributed by atoms with van der Waals surface area (Å²) in [4.78, 5) is 21.5. The number of rotatable bonds is 2. The topological polar surface area (TPSA) is 72.2 Å². The first-order valence-corrected chi connectivity index (χ1v) is 10.8. The zero-order chi connectivity index (χ0) is 22.7. The number of hydrogen-bond donors (Lipinski definition) is 0. The molecule has 3 aliphatic rings. The lowest BCUT2D eigenvalue weighted by molar-refractivity contribution is -0.142. The highest BCUT2D eigenvalue weighted by Crippen LogP contribution is 2.37. The number of amides is 1. The van der Waals surface area contributed by atoms with Gasteiger partial charge in [0.25, 0.3) is 5.91 Å². The average molecular weight is 459 g/mol. The van der Waals surface area contributed by atoms with Crippen LogP contribution in [-0.4, -0.2) is 69.3 Å².